The van der Waals surface area contributed by atoms with Crippen molar-refractivity contribution >= 4 is 5.91 Å². The number of likely N-dealkylation sites (tertiary alicyclic amines) is 1. The standard InChI is InChI=1S/C21H32N2O4/c1-22(2)15-16-5-4-6-17(13-16)20(25)23-10-9-21(26-3)8-7-18(14-19(21)23)27-12-11-24/h4-6,13,18-19,24H,7-12,14-15H2,1-3H3/t18-,19-,21+/m0/s1. The molecule has 0 unspecified atom stereocenters. The number of hydrogen-bond acceptors (Lipinski definition) is 5. The summed E-state index contributed by atoms with van der Waals surface area (Å²) >= 11 is 0. The van der Waals surface area contributed by atoms with Crippen molar-refractivity contribution in [3.8, 4) is 0 Å². The Morgan fingerprint density at radius 2 is 2.19 bits per heavy atom. The zero-order valence-corrected chi connectivity index (χ0v) is 16.7. The maximum Gasteiger partial charge on any atom is 0.254 e. The van der Waals surface area contributed by atoms with Gasteiger partial charge in [0.15, 0.2) is 0 Å². The normalized spacial score (nSPS) is 27.8. The second-order valence-electron chi connectivity index (χ2n) is 7.96. The van der Waals surface area contributed by atoms with Crippen LogP contribution in [0.2, 0.25) is 0 Å². The van der Waals surface area contributed by atoms with Crippen molar-refractivity contribution in [1.29, 1.82) is 0 Å². The number of aliphatic hydroxyl groups excluding tert-OH is 1. The fraction of sp³-hybridized carbons (Fsp3) is 0.667. The van der Waals surface area contributed by atoms with Crippen molar-refractivity contribution in [3.05, 3.63) is 35.4 Å². The first-order chi connectivity index (χ1) is 13.0. The van der Waals surface area contributed by atoms with Gasteiger partial charge in [-0.1, -0.05) is 12.1 Å². The van der Waals surface area contributed by atoms with E-state index in [2.05, 4.69) is 11.0 Å². The van der Waals surface area contributed by atoms with Gasteiger partial charge in [-0.25, -0.2) is 0 Å². The third-order valence-electron chi connectivity index (χ3n) is 5.92. The van der Waals surface area contributed by atoms with Crippen LogP contribution in [0.3, 0.4) is 0 Å². The lowest BCUT2D eigenvalue weighted by molar-refractivity contribution is -0.0992. The number of aliphatic hydroxyl groups is 1. The molecule has 1 saturated carbocycles. The fourth-order valence-corrected chi connectivity index (χ4v) is 4.61. The molecule has 1 aliphatic heterocycles. The average molecular weight is 376 g/mol. The summed E-state index contributed by atoms with van der Waals surface area (Å²) < 4.78 is 11.7. The molecule has 0 aromatic heterocycles. The molecule has 0 spiro atoms. The quantitative estimate of drug-likeness (QED) is 0.788. The van der Waals surface area contributed by atoms with Crippen LogP contribution in [-0.2, 0) is 16.0 Å². The zero-order chi connectivity index (χ0) is 19.4. The Labute approximate surface area is 162 Å². The lowest BCUT2D eigenvalue weighted by Crippen LogP contribution is -2.53. The fourth-order valence-electron chi connectivity index (χ4n) is 4.61. The Bertz CT molecular complexity index is 651. The van der Waals surface area contributed by atoms with Crippen LogP contribution < -0.4 is 0 Å². The van der Waals surface area contributed by atoms with E-state index in [-0.39, 0.29) is 30.3 Å². The maximum absolute atomic E-state index is 13.3. The van der Waals surface area contributed by atoms with Crippen LogP contribution in [0.15, 0.2) is 24.3 Å². The summed E-state index contributed by atoms with van der Waals surface area (Å²) in [5, 5.41) is 9.04. The second-order valence-corrected chi connectivity index (χ2v) is 7.96. The van der Waals surface area contributed by atoms with E-state index in [0.717, 1.165) is 43.4 Å². The van der Waals surface area contributed by atoms with Gasteiger partial charge >= 0.3 is 0 Å². The SMILES string of the molecule is CO[C@@]12CC[C@H](OCCO)C[C@@H]1N(C(=O)c1cccc(CN(C)C)c1)CC2. The molecule has 6 heteroatoms. The summed E-state index contributed by atoms with van der Waals surface area (Å²) in [4.78, 5) is 17.4. The van der Waals surface area contributed by atoms with Gasteiger partial charge in [0.25, 0.3) is 5.91 Å². The predicted molar refractivity (Wildman–Crippen MR) is 104 cm³/mol. The number of rotatable bonds is 7. The van der Waals surface area contributed by atoms with E-state index >= 15 is 0 Å². The van der Waals surface area contributed by atoms with E-state index in [9.17, 15) is 4.79 Å². The summed E-state index contributed by atoms with van der Waals surface area (Å²) in [6.45, 7) is 1.89. The lowest BCUT2D eigenvalue weighted by atomic mass is 9.79. The van der Waals surface area contributed by atoms with Crippen LogP contribution in [0.25, 0.3) is 0 Å². The molecule has 1 saturated heterocycles. The number of amides is 1. The summed E-state index contributed by atoms with van der Waals surface area (Å²) in [7, 11) is 5.81. The molecule has 2 aliphatic rings. The molecule has 1 aromatic carbocycles. The Morgan fingerprint density at radius 3 is 2.89 bits per heavy atom. The number of methoxy groups -OCH3 is 1. The van der Waals surface area contributed by atoms with Crippen LogP contribution >= 0.6 is 0 Å². The van der Waals surface area contributed by atoms with Crippen molar-refractivity contribution in [2.45, 2.75) is 50.0 Å². The van der Waals surface area contributed by atoms with Gasteiger partial charge < -0.3 is 24.4 Å². The Balaban J connectivity index is 1.78. The van der Waals surface area contributed by atoms with Crippen LogP contribution in [0.5, 0.6) is 0 Å². The van der Waals surface area contributed by atoms with E-state index in [1.807, 2.05) is 37.2 Å². The van der Waals surface area contributed by atoms with Crippen LogP contribution in [0, 0.1) is 0 Å². The number of fused-ring (bicyclic) bond motifs is 1. The first kappa shape index (κ1) is 20.3. The number of carbonyl (C=O) groups is 1. The highest BCUT2D eigenvalue weighted by atomic mass is 16.5. The minimum Gasteiger partial charge on any atom is -0.394 e. The molecule has 6 nitrogen and oxygen atoms in total. The molecule has 0 bridgehead atoms. The molecule has 1 amide bonds. The van der Waals surface area contributed by atoms with Gasteiger partial charge in [0.1, 0.15) is 0 Å². The van der Waals surface area contributed by atoms with Gasteiger partial charge in [-0.3, -0.25) is 4.79 Å². The van der Waals surface area contributed by atoms with Crippen molar-refractivity contribution in [2.75, 3.05) is 41.0 Å². The molecule has 2 fully saturated rings. The number of carbonyl (C=O) groups excluding carboxylic acids is 1. The minimum absolute atomic E-state index is 0.0185. The molecule has 0 radical (unpaired) electrons. The van der Waals surface area contributed by atoms with E-state index in [1.54, 1.807) is 7.11 Å². The number of nitrogens with zero attached hydrogens (tertiary/aromatic N) is 2. The summed E-state index contributed by atoms with van der Waals surface area (Å²) in [5.41, 5.74) is 1.60. The average Bonchev–Trinajstić information content (AvgIpc) is 3.04. The summed E-state index contributed by atoms with van der Waals surface area (Å²) in [6.07, 6.45) is 3.49. The molecule has 1 N–H and O–H groups in total. The van der Waals surface area contributed by atoms with Crippen LogP contribution in [0.4, 0.5) is 0 Å². The third-order valence-corrected chi connectivity index (χ3v) is 5.92. The smallest absolute Gasteiger partial charge is 0.254 e. The van der Waals surface area contributed by atoms with Crippen molar-refractivity contribution in [2.24, 2.45) is 0 Å². The molecular formula is C21H32N2O4. The van der Waals surface area contributed by atoms with Gasteiger partial charge in [0.2, 0.25) is 0 Å². The zero-order valence-electron chi connectivity index (χ0n) is 16.7. The first-order valence-electron chi connectivity index (χ1n) is 9.81. The third kappa shape index (κ3) is 4.35. The Hall–Kier alpha value is -1.47. The maximum atomic E-state index is 13.3. The molecule has 27 heavy (non-hydrogen) atoms. The van der Waals surface area contributed by atoms with Crippen LogP contribution in [-0.4, -0.2) is 79.5 Å². The van der Waals surface area contributed by atoms with Gasteiger partial charge in [-0.2, -0.15) is 0 Å². The van der Waals surface area contributed by atoms with Crippen molar-refractivity contribution in [3.63, 3.8) is 0 Å². The van der Waals surface area contributed by atoms with Crippen molar-refractivity contribution < 1.29 is 19.4 Å². The van der Waals surface area contributed by atoms with E-state index in [0.29, 0.717) is 13.2 Å². The molecule has 3 atom stereocenters. The van der Waals surface area contributed by atoms with Gasteiger partial charge in [0, 0.05) is 25.8 Å². The Morgan fingerprint density at radius 1 is 1.37 bits per heavy atom. The van der Waals surface area contributed by atoms with E-state index < -0.39 is 0 Å². The molecule has 150 valence electrons. The highest BCUT2D eigenvalue weighted by Gasteiger charge is 2.52. The van der Waals surface area contributed by atoms with Crippen LogP contribution in [0.1, 0.15) is 41.6 Å². The molecule has 1 aliphatic carbocycles. The summed E-state index contributed by atoms with van der Waals surface area (Å²) in [5.74, 6) is 0.0716. The topological polar surface area (TPSA) is 62.2 Å². The number of hydrogen-bond donors (Lipinski definition) is 1. The number of benzene rings is 1. The lowest BCUT2D eigenvalue weighted by Gasteiger charge is -2.43. The van der Waals surface area contributed by atoms with Gasteiger partial charge in [0.05, 0.1) is 31.0 Å². The highest BCUT2D eigenvalue weighted by Crippen LogP contribution is 2.43. The molecule has 1 aromatic rings. The second kappa shape index (κ2) is 8.69. The van der Waals surface area contributed by atoms with Crippen molar-refractivity contribution in [1.82, 2.24) is 9.80 Å². The van der Waals surface area contributed by atoms with Gasteiger partial charge in [-0.05, 0) is 57.5 Å². The summed E-state index contributed by atoms with van der Waals surface area (Å²) in [6, 6.07) is 7.93. The Kier molecular flexibility index (Phi) is 6.52. The monoisotopic (exact) mass is 376 g/mol. The molecular weight excluding hydrogens is 344 g/mol. The first-order valence-corrected chi connectivity index (χ1v) is 9.81. The molecule has 1 heterocycles. The highest BCUT2D eigenvalue weighted by molar-refractivity contribution is 5.95. The predicted octanol–water partition coefficient (Wildman–Crippen LogP) is 1.91. The van der Waals surface area contributed by atoms with Gasteiger partial charge in [-0.15, -0.1) is 0 Å². The van der Waals surface area contributed by atoms with E-state index in [1.165, 1.54) is 0 Å². The largest absolute Gasteiger partial charge is 0.394 e. The minimum atomic E-state index is -0.268. The number of ether oxygens (including phenoxy) is 2. The van der Waals surface area contributed by atoms with E-state index in [4.69, 9.17) is 14.6 Å². The molecule has 3 rings (SSSR count).